The molecular weight excluding hydrogens is 228 g/mol. The Morgan fingerprint density at radius 3 is 2.71 bits per heavy atom. The van der Waals surface area contributed by atoms with E-state index in [1.54, 1.807) is 0 Å². The Labute approximate surface area is 97.0 Å². The molecule has 0 spiro atoms. The monoisotopic (exact) mass is 240 g/mol. The Hall–Kier alpha value is -2.12. The minimum Gasteiger partial charge on any atom is -0.369 e. The van der Waals surface area contributed by atoms with Gasteiger partial charge in [-0.3, -0.25) is 19.4 Å². The second-order valence-corrected chi connectivity index (χ2v) is 3.99. The number of primary amides is 1. The molecule has 2 aliphatic rings. The van der Waals surface area contributed by atoms with Crippen molar-refractivity contribution in [3.8, 4) is 0 Å². The third-order valence-electron chi connectivity index (χ3n) is 2.84. The predicted octanol–water partition coefficient (Wildman–Crippen LogP) is -1.29. The lowest BCUT2D eigenvalue weighted by atomic mass is 9.95. The van der Waals surface area contributed by atoms with Crippen LogP contribution < -0.4 is 5.73 Å². The standard InChI is InChI=1S/C9H12N4O4/c1-12-7(15)6-4(3-5(10)14)11-17-8(6)13(2)9(12)16/h6,8H,3H2,1-2H3,(H2,10,14). The number of hydrogen-bond donors (Lipinski definition) is 1. The molecule has 92 valence electrons. The largest absolute Gasteiger partial charge is 0.369 e. The van der Waals surface area contributed by atoms with Crippen molar-refractivity contribution in [1.29, 1.82) is 0 Å². The van der Waals surface area contributed by atoms with Crippen molar-refractivity contribution >= 4 is 23.6 Å². The molecule has 2 aliphatic heterocycles. The van der Waals surface area contributed by atoms with Gasteiger partial charge in [-0.1, -0.05) is 5.16 Å². The quantitative estimate of drug-likeness (QED) is 0.648. The summed E-state index contributed by atoms with van der Waals surface area (Å²) < 4.78 is 0. The van der Waals surface area contributed by atoms with Gasteiger partial charge in [-0.15, -0.1) is 0 Å². The summed E-state index contributed by atoms with van der Waals surface area (Å²) in [5.74, 6) is -1.77. The second kappa shape index (κ2) is 3.72. The van der Waals surface area contributed by atoms with Crippen LogP contribution in [0.2, 0.25) is 0 Å². The van der Waals surface area contributed by atoms with Crippen LogP contribution in [0.3, 0.4) is 0 Å². The maximum Gasteiger partial charge on any atom is 0.329 e. The molecule has 0 radical (unpaired) electrons. The zero-order valence-electron chi connectivity index (χ0n) is 9.41. The summed E-state index contributed by atoms with van der Waals surface area (Å²) >= 11 is 0. The highest BCUT2D eigenvalue weighted by Gasteiger charge is 2.50. The number of fused-ring (bicyclic) bond motifs is 1. The van der Waals surface area contributed by atoms with E-state index >= 15 is 0 Å². The van der Waals surface area contributed by atoms with E-state index in [1.165, 1.54) is 19.0 Å². The third kappa shape index (κ3) is 1.61. The fourth-order valence-electron chi connectivity index (χ4n) is 1.93. The first kappa shape index (κ1) is 11.4. The molecule has 0 aliphatic carbocycles. The van der Waals surface area contributed by atoms with Gasteiger partial charge in [0.05, 0.1) is 12.1 Å². The Morgan fingerprint density at radius 1 is 1.47 bits per heavy atom. The molecule has 17 heavy (non-hydrogen) atoms. The number of amides is 4. The molecule has 0 saturated carbocycles. The molecule has 2 rings (SSSR count). The topological polar surface area (TPSA) is 105 Å². The number of nitrogens with two attached hydrogens (primary N) is 1. The van der Waals surface area contributed by atoms with Gasteiger partial charge < -0.3 is 10.6 Å². The zero-order chi connectivity index (χ0) is 12.7. The molecule has 0 aromatic carbocycles. The number of hydrogen-bond acceptors (Lipinski definition) is 5. The fourth-order valence-corrected chi connectivity index (χ4v) is 1.93. The van der Waals surface area contributed by atoms with Crippen molar-refractivity contribution in [3.05, 3.63) is 0 Å². The van der Waals surface area contributed by atoms with E-state index in [2.05, 4.69) is 5.16 Å². The summed E-state index contributed by atoms with van der Waals surface area (Å²) in [6.07, 6.45) is -0.927. The predicted molar refractivity (Wildman–Crippen MR) is 55.5 cm³/mol. The number of urea groups is 1. The molecular formula is C9H12N4O4. The fraction of sp³-hybridized carbons (Fsp3) is 0.556. The van der Waals surface area contributed by atoms with Gasteiger partial charge in [-0.05, 0) is 0 Å². The van der Waals surface area contributed by atoms with Crippen LogP contribution in [0.1, 0.15) is 6.42 Å². The average Bonchev–Trinajstić information content (AvgIpc) is 2.66. The van der Waals surface area contributed by atoms with Crippen molar-refractivity contribution < 1.29 is 19.2 Å². The van der Waals surface area contributed by atoms with Gasteiger partial charge in [0.2, 0.25) is 18.0 Å². The number of carbonyl (C=O) groups is 3. The summed E-state index contributed by atoms with van der Waals surface area (Å²) in [5, 5.41) is 3.66. The molecule has 0 aromatic rings. The smallest absolute Gasteiger partial charge is 0.329 e. The molecule has 0 bridgehead atoms. The molecule has 8 heteroatoms. The van der Waals surface area contributed by atoms with Crippen molar-refractivity contribution in [2.24, 2.45) is 16.8 Å². The van der Waals surface area contributed by atoms with Crippen molar-refractivity contribution in [3.63, 3.8) is 0 Å². The Kier molecular flexibility index (Phi) is 2.49. The van der Waals surface area contributed by atoms with E-state index in [4.69, 9.17) is 10.6 Å². The molecule has 8 nitrogen and oxygen atoms in total. The van der Waals surface area contributed by atoms with Crippen molar-refractivity contribution in [2.75, 3.05) is 14.1 Å². The highest BCUT2D eigenvalue weighted by Crippen LogP contribution is 2.29. The summed E-state index contributed by atoms with van der Waals surface area (Å²) in [4.78, 5) is 41.6. The van der Waals surface area contributed by atoms with E-state index < -0.39 is 30.0 Å². The summed E-state index contributed by atoms with van der Waals surface area (Å²) in [6, 6.07) is -0.466. The minimum absolute atomic E-state index is 0.150. The van der Waals surface area contributed by atoms with Crippen LogP contribution in [0.4, 0.5) is 4.79 Å². The first-order valence-corrected chi connectivity index (χ1v) is 4.98. The lowest BCUT2D eigenvalue weighted by Gasteiger charge is -2.36. The number of carbonyl (C=O) groups excluding carboxylic acids is 3. The van der Waals surface area contributed by atoms with Crippen LogP contribution in [0, 0.1) is 5.92 Å². The van der Waals surface area contributed by atoms with Gasteiger partial charge in [0.15, 0.2) is 0 Å². The van der Waals surface area contributed by atoms with Gasteiger partial charge in [0.1, 0.15) is 5.92 Å². The maximum absolute atomic E-state index is 11.9. The van der Waals surface area contributed by atoms with E-state index in [-0.39, 0.29) is 12.1 Å². The van der Waals surface area contributed by atoms with Crippen LogP contribution in [0.15, 0.2) is 5.16 Å². The van der Waals surface area contributed by atoms with E-state index in [0.29, 0.717) is 0 Å². The Bertz CT molecular complexity index is 433. The van der Waals surface area contributed by atoms with Gasteiger partial charge in [-0.2, -0.15) is 0 Å². The molecule has 4 amide bonds. The molecule has 2 N–H and O–H groups in total. The lowest BCUT2D eigenvalue weighted by molar-refractivity contribution is -0.142. The van der Waals surface area contributed by atoms with E-state index in [0.717, 1.165) is 4.90 Å². The average molecular weight is 240 g/mol. The Balaban J connectivity index is 2.27. The van der Waals surface area contributed by atoms with Gasteiger partial charge >= 0.3 is 6.03 Å². The molecule has 2 atom stereocenters. The number of nitrogens with zero attached hydrogens (tertiary/aromatic N) is 3. The van der Waals surface area contributed by atoms with Gasteiger partial charge in [-0.25, -0.2) is 4.79 Å². The zero-order valence-corrected chi connectivity index (χ0v) is 9.41. The highest BCUT2D eigenvalue weighted by atomic mass is 16.7. The minimum atomic E-state index is -0.777. The van der Waals surface area contributed by atoms with Crippen LogP contribution in [0.25, 0.3) is 0 Å². The van der Waals surface area contributed by atoms with Crippen molar-refractivity contribution in [1.82, 2.24) is 9.80 Å². The highest BCUT2D eigenvalue weighted by molar-refractivity contribution is 6.15. The maximum atomic E-state index is 11.9. The van der Waals surface area contributed by atoms with Crippen LogP contribution in [-0.4, -0.2) is 53.7 Å². The number of rotatable bonds is 2. The van der Waals surface area contributed by atoms with E-state index in [1.807, 2.05) is 0 Å². The first-order chi connectivity index (χ1) is 7.93. The lowest BCUT2D eigenvalue weighted by Crippen LogP contribution is -2.59. The number of imide groups is 1. The molecule has 0 aromatic heterocycles. The van der Waals surface area contributed by atoms with Crippen LogP contribution >= 0.6 is 0 Å². The van der Waals surface area contributed by atoms with Crippen molar-refractivity contribution in [2.45, 2.75) is 12.6 Å². The molecule has 2 unspecified atom stereocenters. The molecule has 1 fully saturated rings. The second-order valence-electron chi connectivity index (χ2n) is 3.99. The number of oxime groups is 1. The summed E-state index contributed by atoms with van der Waals surface area (Å²) in [5.41, 5.74) is 5.32. The normalized spacial score (nSPS) is 27.8. The Morgan fingerprint density at radius 2 is 2.12 bits per heavy atom. The third-order valence-corrected chi connectivity index (χ3v) is 2.84. The molecule has 2 heterocycles. The van der Waals surface area contributed by atoms with Crippen LogP contribution in [0.5, 0.6) is 0 Å². The first-order valence-electron chi connectivity index (χ1n) is 4.98. The van der Waals surface area contributed by atoms with Gasteiger partial charge in [0.25, 0.3) is 0 Å². The van der Waals surface area contributed by atoms with E-state index in [9.17, 15) is 14.4 Å². The van der Waals surface area contributed by atoms with Gasteiger partial charge in [0, 0.05) is 14.1 Å². The molecule has 1 saturated heterocycles. The summed E-state index contributed by atoms with van der Waals surface area (Å²) in [7, 11) is 2.88. The van der Waals surface area contributed by atoms with Crippen LogP contribution in [-0.2, 0) is 14.4 Å². The summed E-state index contributed by atoms with van der Waals surface area (Å²) in [6.45, 7) is 0. The SMILES string of the molecule is CN1C(=O)C2C(CC(N)=O)=NOC2N(C)C1=O.